The van der Waals surface area contributed by atoms with Gasteiger partial charge in [-0.2, -0.15) is 5.10 Å². The lowest BCUT2D eigenvalue weighted by molar-refractivity contribution is -0.129. The molecular weight excluding hydrogens is 166 g/mol. The largest absolute Gasteiger partial charge is 0.297 e. The van der Waals surface area contributed by atoms with E-state index >= 15 is 0 Å². The normalized spacial score (nSPS) is 14.2. The number of carbonyl (C=O) groups excluding carboxylic acids is 1. The molecule has 0 aromatic carbocycles. The molecule has 1 atom stereocenters. The standard InChI is InChI=1S/C9H15N3O/c1-7(8(13)9(2,3)4)12-6-10-5-11-12/h5-7H,1-4H3. The Hall–Kier alpha value is -1.19. The lowest BCUT2D eigenvalue weighted by atomic mass is 9.87. The minimum Gasteiger partial charge on any atom is -0.297 e. The molecule has 1 aromatic heterocycles. The number of Topliss-reactive ketones (excluding diaryl/α,β-unsaturated/α-hetero) is 1. The van der Waals surface area contributed by atoms with Crippen molar-refractivity contribution in [3.8, 4) is 0 Å². The quantitative estimate of drug-likeness (QED) is 0.693. The maximum atomic E-state index is 11.8. The van der Waals surface area contributed by atoms with Crippen molar-refractivity contribution >= 4 is 5.78 Å². The number of ketones is 1. The van der Waals surface area contributed by atoms with Gasteiger partial charge in [0, 0.05) is 5.41 Å². The van der Waals surface area contributed by atoms with Gasteiger partial charge in [-0.05, 0) is 6.92 Å². The van der Waals surface area contributed by atoms with Crippen LogP contribution in [0, 0.1) is 5.41 Å². The van der Waals surface area contributed by atoms with Crippen molar-refractivity contribution in [1.82, 2.24) is 14.8 Å². The zero-order valence-corrected chi connectivity index (χ0v) is 8.48. The summed E-state index contributed by atoms with van der Waals surface area (Å²) in [5, 5.41) is 3.94. The van der Waals surface area contributed by atoms with Crippen molar-refractivity contribution < 1.29 is 4.79 Å². The van der Waals surface area contributed by atoms with Crippen molar-refractivity contribution in [2.75, 3.05) is 0 Å². The molecular formula is C9H15N3O. The van der Waals surface area contributed by atoms with Crippen LogP contribution in [-0.2, 0) is 4.79 Å². The molecule has 13 heavy (non-hydrogen) atoms. The summed E-state index contributed by atoms with van der Waals surface area (Å²) in [6.45, 7) is 7.55. The van der Waals surface area contributed by atoms with Crippen LogP contribution in [0.25, 0.3) is 0 Å². The Balaban J connectivity index is 2.81. The van der Waals surface area contributed by atoms with Crippen LogP contribution in [0.15, 0.2) is 12.7 Å². The van der Waals surface area contributed by atoms with E-state index in [1.54, 1.807) is 11.0 Å². The maximum absolute atomic E-state index is 11.8. The third-order valence-electron chi connectivity index (χ3n) is 1.95. The van der Waals surface area contributed by atoms with E-state index in [-0.39, 0.29) is 17.2 Å². The average molecular weight is 181 g/mol. The molecule has 0 spiro atoms. The molecule has 0 saturated heterocycles. The topological polar surface area (TPSA) is 47.8 Å². The van der Waals surface area contributed by atoms with Gasteiger partial charge in [0.2, 0.25) is 0 Å². The van der Waals surface area contributed by atoms with Gasteiger partial charge in [0.15, 0.2) is 5.78 Å². The number of hydrogen-bond acceptors (Lipinski definition) is 3. The van der Waals surface area contributed by atoms with Gasteiger partial charge in [0.1, 0.15) is 18.7 Å². The van der Waals surface area contributed by atoms with E-state index in [0.717, 1.165) is 0 Å². The summed E-state index contributed by atoms with van der Waals surface area (Å²) >= 11 is 0. The predicted octanol–water partition coefficient (Wildman–Crippen LogP) is 1.45. The first-order valence-electron chi connectivity index (χ1n) is 4.31. The minimum absolute atomic E-state index is 0.165. The summed E-state index contributed by atoms with van der Waals surface area (Å²) in [5.74, 6) is 0.165. The van der Waals surface area contributed by atoms with Crippen LogP contribution in [0.1, 0.15) is 33.7 Å². The number of nitrogens with zero attached hydrogens (tertiary/aromatic N) is 3. The van der Waals surface area contributed by atoms with E-state index < -0.39 is 0 Å². The van der Waals surface area contributed by atoms with Crippen LogP contribution in [0.4, 0.5) is 0 Å². The Bertz CT molecular complexity index is 284. The average Bonchev–Trinajstić information content (AvgIpc) is 2.51. The zero-order chi connectivity index (χ0) is 10.1. The predicted molar refractivity (Wildman–Crippen MR) is 49.2 cm³/mol. The van der Waals surface area contributed by atoms with E-state index in [0.29, 0.717) is 0 Å². The molecule has 0 fully saturated rings. The first kappa shape index (κ1) is 9.89. The molecule has 4 nitrogen and oxygen atoms in total. The van der Waals surface area contributed by atoms with Gasteiger partial charge in [-0.3, -0.25) is 4.79 Å². The number of hydrogen-bond donors (Lipinski definition) is 0. The Morgan fingerprint density at radius 2 is 2.08 bits per heavy atom. The highest BCUT2D eigenvalue weighted by Crippen LogP contribution is 2.22. The first-order valence-corrected chi connectivity index (χ1v) is 4.31. The summed E-state index contributed by atoms with van der Waals surface area (Å²) in [6, 6.07) is -0.234. The minimum atomic E-state index is -0.328. The lowest BCUT2D eigenvalue weighted by Gasteiger charge is -2.21. The second-order valence-corrected chi connectivity index (χ2v) is 4.17. The van der Waals surface area contributed by atoms with Crippen LogP contribution in [-0.4, -0.2) is 20.5 Å². The molecule has 0 N–H and O–H groups in total. The highest BCUT2D eigenvalue weighted by atomic mass is 16.1. The van der Waals surface area contributed by atoms with Crippen molar-refractivity contribution in [3.63, 3.8) is 0 Å². The Morgan fingerprint density at radius 3 is 2.46 bits per heavy atom. The Morgan fingerprint density at radius 1 is 1.46 bits per heavy atom. The highest BCUT2D eigenvalue weighted by molar-refractivity contribution is 5.86. The fourth-order valence-electron chi connectivity index (χ4n) is 1.16. The summed E-state index contributed by atoms with van der Waals surface area (Å²) < 4.78 is 1.58. The second-order valence-electron chi connectivity index (χ2n) is 4.17. The lowest BCUT2D eigenvalue weighted by Crippen LogP contribution is -2.29. The van der Waals surface area contributed by atoms with Crippen LogP contribution in [0.3, 0.4) is 0 Å². The Labute approximate surface area is 78.0 Å². The molecule has 0 aliphatic carbocycles. The van der Waals surface area contributed by atoms with Crippen LogP contribution < -0.4 is 0 Å². The fourth-order valence-corrected chi connectivity index (χ4v) is 1.16. The molecule has 0 amide bonds. The van der Waals surface area contributed by atoms with E-state index in [2.05, 4.69) is 10.1 Å². The van der Waals surface area contributed by atoms with Crippen LogP contribution in [0.5, 0.6) is 0 Å². The monoisotopic (exact) mass is 181 g/mol. The molecule has 1 aromatic rings. The van der Waals surface area contributed by atoms with E-state index in [4.69, 9.17) is 0 Å². The summed E-state index contributed by atoms with van der Waals surface area (Å²) in [6.07, 6.45) is 3.00. The van der Waals surface area contributed by atoms with Crippen molar-refractivity contribution in [2.24, 2.45) is 5.41 Å². The molecule has 1 unspecified atom stereocenters. The summed E-state index contributed by atoms with van der Waals surface area (Å²) in [5.41, 5.74) is -0.328. The van der Waals surface area contributed by atoms with Gasteiger partial charge >= 0.3 is 0 Å². The SMILES string of the molecule is CC(C(=O)C(C)(C)C)n1cncn1. The summed E-state index contributed by atoms with van der Waals surface area (Å²) in [4.78, 5) is 15.6. The van der Waals surface area contributed by atoms with Gasteiger partial charge in [0.25, 0.3) is 0 Å². The van der Waals surface area contributed by atoms with Gasteiger partial charge in [-0.15, -0.1) is 0 Å². The van der Waals surface area contributed by atoms with Gasteiger partial charge in [0.05, 0.1) is 0 Å². The first-order chi connectivity index (χ1) is 5.93. The molecule has 4 heteroatoms. The molecule has 0 saturated carbocycles. The zero-order valence-electron chi connectivity index (χ0n) is 8.48. The third-order valence-corrected chi connectivity index (χ3v) is 1.95. The number of aromatic nitrogens is 3. The number of rotatable bonds is 2. The second kappa shape index (κ2) is 3.28. The molecule has 1 rings (SSSR count). The van der Waals surface area contributed by atoms with Gasteiger partial charge in [-0.1, -0.05) is 20.8 Å². The molecule has 0 aliphatic rings. The summed E-state index contributed by atoms with van der Waals surface area (Å²) in [7, 11) is 0. The maximum Gasteiger partial charge on any atom is 0.162 e. The smallest absolute Gasteiger partial charge is 0.162 e. The Kier molecular flexibility index (Phi) is 2.50. The fraction of sp³-hybridized carbons (Fsp3) is 0.667. The van der Waals surface area contributed by atoms with Crippen molar-refractivity contribution in [3.05, 3.63) is 12.7 Å². The molecule has 0 radical (unpaired) electrons. The highest BCUT2D eigenvalue weighted by Gasteiger charge is 2.27. The number of carbonyl (C=O) groups is 1. The van der Waals surface area contributed by atoms with Crippen LogP contribution >= 0.6 is 0 Å². The van der Waals surface area contributed by atoms with Crippen molar-refractivity contribution in [2.45, 2.75) is 33.7 Å². The van der Waals surface area contributed by atoms with Crippen molar-refractivity contribution in [1.29, 1.82) is 0 Å². The van der Waals surface area contributed by atoms with Gasteiger partial charge in [-0.25, -0.2) is 9.67 Å². The molecule has 1 heterocycles. The molecule has 0 aliphatic heterocycles. The molecule has 72 valence electrons. The molecule has 0 bridgehead atoms. The van der Waals surface area contributed by atoms with Crippen LogP contribution in [0.2, 0.25) is 0 Å². The third kappa shape index (κ3) is 2.14. The van der Waals surface area contributed by atoms with Gasteiger partial charge < -0.3 is 0 Å². The van der Waals surface area contributed by atoms with E-state index in [9.17, 15) is 4.79 Å². The van der Waals surface area contributed by atoms with E-state index in [1.807, 2.05) is 27.7 Å². The van der Waals surface area contributed by atoms with E-state index in [1.165, 1.54) is 6.33 Å².